The number of rotatable bonds is 6. The quantitative estimate of drug-likeness (QED) is 0.257. The second-order valence-electron chi connectivity index (χ2n) is 8.68. The van der Waals surface area contributed by atoms with Crippen LogP contribution in [0.25, 0.3) is 32.9 Å². The first-order valence-electron chi connectivity index (χ1n) is 11.6. The number of aliphatic carboxylic acids is 1. The maximum Gasteiger partial charge on any atom is 0.412 e. The van der Waals surface area contributed by atoms with Crippen molar-refractivity contribution in [1.29, 1.82) is 0 Å². The van der Waals surface area contributed by atoms with Crippen LogP contribution < -0.4 is 5.32 Å². The number of nitrogens with zero attached hydrogens (tertiary/aromatic N) is 1. The fraction of sp³-hybridized carbons (Fsp3) is 0.138. The number of aryl methyl sites for hydroxylation is 1. The molecule has 4 aromatic carbocycles. The Morgan fingerprint density at radius 3 is 2.39 bits per heavy atom. The highest BCUT2D eigenvalue weighted by atomic mass is 16.6. The van der Waals surface area contributed by atoms with E-state index >= 15 is 0 Å². The average molecular weight is 481 g/mol. The van der Waals surface area contributed by atoms with Gasteiger partial charge in [-0.3, -0.25) is 10.1 Å². The van der Waals surface area contributed by atoms with Crippen LogP contribution in [-0.2, 0) is 16.0 Å². The van der Waals surface area contributed by atoms with E-state index in [0.717, 1.165) is 38.2 Å². The van der Waals surface area contributed by atoms with Gasteiger partial charge in [-0.1, -0.05) is 78.0 Å². The van der Waals surface area contributed by atoms with Crippen LogP contribution in [-0.4, -0.2) is 22.3 Å². The molecule has 0 saturated heterocycles. The van der Waals surface area contributed by atoms with Gasteiger partial charge in [-0.25, -0.2) is 4.79 Å². The lowest BCUT2D eigenvalue weighted by Gasteiger charge is -2.14. The van der Waals surface area contributed by atoms with Crippen molar-refractivity contribution < 1.29 is 24.0 Å². The van der Waals surface area contributed by atoms with Gasteiger partial charge in [0, 0.05) is 5.56 Å². The minimum absolute atomic E-state index is 0.0138. The molecule has 0 aliphatic carbocycles. The third-order valence-corrected chi connectivity index (χ3v) is 6.16. The Kier molecular flexibility index (Phi) is 6.12. The molecule has 0 aliphatic rings. The molecule has 1 atom stereocenters. The Morgan fingerprint density at radius 2 is 1.67 bits per heavy atom. The molecule has 0 saturated carbocycles. The lowest BCUT2D eigenvalue weighted by atomic mass is 9.97. The minimum atomic E-state index is -0.857. The van der Waals surface area contributed by atoms with Crippen molar-refractivity contribution in [3.8, 4) is 11.3 Å². The highest BCUT2D eigenvalue weighted by Crippen LogP contribution is 2.35. The molecular weight excluding hydrogens is 456 g/mol. The molecule has 36 heavy (non-hydrogen) atoms. The van der Waals surface area contributed by atoms with E-state index in [-0.39, 0.29) is 6.42 Å². The Labute approximate surface area is 207 Å². The van der Waals surface area contributed by atoms with E-state index in [1.54, 1.807) is 6.92 Å². The zero-order valence-electron chi connectivity index (χ0n) is 19.8. The van der Waals surface area contributed by atoms with Crippen molar-refractivity contribution in [2.75, 3.05) is 5.32 Å². The Balaban J connectivity index is 1.42. The molecule has 1 amide bonds. The number of carboxylic acid groups (broad SMARTS) is 1. The summed E-state index contributed by atoms with van der Waals surface area (Å²) in [7, 11) is 0. The SMILES string of the molecule is Cc1noc(-c2ccc3c(ccc4cc(CC(=O)O)ccc43)c2)c1NC(=O)OC(C)c1ccccc1. The molecule has 1 aromatic heterocycles. The number of carboxylic acids is 1. The topological polar surface area (TPSA) is 102 Å². The number of anilines is 1. The van der Waals surface area contributed by atoms with Crippen LogP contribution in [0.4, 0.5) is 10.5 Å². The van der Waals surface area contributed by atoms with Crippen LogP contribution in [0.15, 0.2) is 83.4 Å². The Morgan fingerprint density at radius 1 is 0.972 bits per heavy atom. The van der Waals surface area contributed by atoms with E-state index in [0.29, 0.717) is 17.1 Å². The first kappa shape index (κ1) is 23.1. The zero-order valence-corrected chi connectivity index (χ0v) is 19.8. The number of nitrogens with one attached hydrogen (secondary N) is 1. The highest BCUT2D eigenvalue weighted by molar-refractivity contribution is 6.09. The summed E-state index contributed by atoms with van der Waals surface area (Å²) in [4.78, 5) is 23.7. The fourth-order valence-corrected chi connectivity index (χ4v) is 4.34. The summed E-state index contributed by atoms with van der Waals surface area (Å²) < 4.78 is 11.1. The van der Waals surface area contributed by atoms with Gasteiger partial charge in [-0.15, -0.1) is 0 Å². The van der Waals surface area contributed by atoms with Crippen molar-refractivity contribution in [2.24, 2.45) is 0 Å². The molecule has 7 heteroatoms. The predicted molar refractivity (Wildman–Crippen MR) is 138 cm³/mol. The third kappa shape index (κ3) is 4.63. The number of hydrogen-bond donors (Lipinski definition) is 2. The van der Waals surface area contributed by atoms with Crippen molar-refractivity contribution in [1.82, 2.24) is 5.16 Å². The molecule has 0 fully saturated rings. The van der Waals surface area contributed by atoms with Crippen LogP contribution in [0.2, 0.25) is 0 Å². The summed E-state index contributed by atoms with van der Waals surface area (Å²) in [6.07, 6.45) is -1.03. The Bertz CT molecular complexity index is 1590. The van der Waals surface area contributed by atoms with E-state index < -0.39 is 18.2 Å². The second kappa shape index (κ2) is 9.54. The van der Waals surface area contributed by atoms with Crippen LogP contribution >= 0.6 is 0 Å². The summed E-state index contributed by atoms with van der Waals surface area (Å²) in [5, 5.41) is 19.9. The number of carbonyl (C=O) groups is 2. The van der Waals surface area contributed by atoms with Crippen molar-refractivity contribution in [3.63, 3.8) is 0 Å². The zero-order chi connectivity index (χ0) is 25.2. The average Bonchev–Trinajstić information content (AvgIpc) is 3.23. The maximum absolute atomic E-state index is 12.6. The fourth-order valence-electron chi connectivity index (χ4n) is 4.34. The first-order chi connectivity index (χ1) is 17.4. The number of fused-ring (bicyclic) bond motifs is 3. The van der Waals surface area contributed by atoms with E-state index in [1.807, 2.05) is 85.8 Å². The van der Waals surface area contributed by atoms with Gasteiger partial charge in [0.25, 0.3) is 0 Å². The minimum Gasteiger partial charge on any atom is -0.481 e. The van der Waals surface area contributed by atoms with Gasteiger partial charge in [0.15, 0.2) is 5.76 Å². The normalized spacial score (nSPS) is 11.9. The molecule has 5 aromatic rings. The number of amides is 1. The number of hydrogen-bond acceptors (Lipinski definition) is 5. The second-order valence-corrected chi connectivity index (χ2v) is 8.68. The standard InChI is InChI=1S/C29H24N2O5/c1-17-27(30-29(34)35-18(2)20-6-4-3-5-7-20)28(36-31-17)23-11-13-25-22(16-23)10-9-21-14-19(15-26(32)33)8-12-24(21)25/h3-14,16,18H,15H2,1-2H3,(H,30,34)(H,32,33). The molecule has 0 bridgehead atoms. The smallest absolute Gasteiger partial charge is 0.412 e. The summed E-state index contributed by atoms with van der Waals surface area (Å²) in [5.74, 6) is -0.416. The highest BCUT2D eigenvalue weighted by Gasteiger charge is 2.20. The van der Waals surface area contributed by atoms with Gasteiger partial charge in [0.2, 0.25) is 0 Å². The van der Waals surface area contributed by atoms with E-state index in [9.17, 15) is 9.59 Å². The van der Waals surface area contributed by atoms with Crippen LogP contribution in [0.5, 0.6) is 0 Å². The summed E-state index contributed by atoms with van der Waals surface area (Å²) >= 11 is 0. The number of benzene rings is 4. The molecular formula is C29H24N2O5. The Hall–Kier alpha value is -4.65. The number of carbonyl (C=O) groups excluding carboxylic acids is 1. The van der Waals surface area contributed by atoms with Gasteiger partial charge in [-0.05, 0) is 52.6 Å². The largest absolute Gasteiger partial charge is 0.481 e. The van der Waals surface area contributed by atoms with Crippen molar-refractivity contribution in [2.45, 2.75) is 26.4 Å². The molecule has 7 nitrogen and oxygen atoms in total. The van der Waals surface area contributed by atoms with Crippen LogP contribution in [0.1, 0.15) is 29.8 Å². The van der Waals surface area contributed by atoms with Crippen molar-refractivity contribution in [3.05, 3.63) is 95.7 Å². The summed E-state index contributed by atoms with van der Waals surface area (Å²) in [6.45, 7) is 3.57. The van der Waals surface area contributed by atoms with Gasteiger partial charge in [-0.2, -0.15) is 0 Å². The number of aromatic nitrogens is 1. The molecule has 1 unspecified atom stereocenters. The molecule has 2 N–H and O–H groups in total. The first-order valence-corrected chi connectivity index (χ1v) is 11.6. The number of ether oxygens (including phenoxy) is 1. The molecule has 0 spiro atoms. The maximum atomic E-state index is 12.6. The van der Waals surface area contributed by atoms with Crippen LogP contribution in [0, 0.1) is 6.92 Å². The lowest BCUT2D eigenvalue weighted by molar-refractivity contribution is -0.136. The lowest BCUT2D eigenvalue weighted by Crippen LogP contribution is -2.16. The van der Waals surface area contributed by atoms with Gasteiger partial charge in [0.1, 0.15) is 17.5 Å². The molecule has 180 valence electrons. The van der Waals surface area contributed by atoms with Gasteiger partial charge < -0.3 is 14.4 Å². The molecule has 0 radical (unpaired) electrons. The van der Waals surface area contributed by atoms with Gasteiger partial charge in [0.05, 0.1) is 6.42 Å². The van der Waals surface area contributed by atoms with E-state index in [4.69, 9.17) is 14.4 Å². The third-order valence-electron chi connectivity index (χ3n) is 6.16. The molecule has 5 rings (SSSR count). The van der Waals surface area contributed by atoms with E-state index in [2.05, 4.69) is 10.5 Å². The monoisotopic (exact) mass is 480 g/mol. The molecule has 0 aliphatic heterocycles. The predicted octanol–water partition coefficient (Wildman–Crippen LogP) is 6.89. The molecule has 1 heterocycles. The van der Waals surface area contributed by atoms with Crippen molar-refractivity contribution >= 4 is 39.3 Å². The van der Waals surface area contributed by atoms with Gasteiger partial charge >= 0.3 is 12.1 Å². The van der Waals surface area contributed by atoms with Crippen LogP contribution in [0.3, 0.4) is 0 Å². The van der Waals surface area contributed by atoms with E-state index in [1.165, 1.54) is 0 Å². The summed E-state index contributed by atoms with van der Waals surface area (Å²) in [6, 6.07) is 25.0. The summed E-state index contributed by atoms with van der Waals surface area (Å²) in [5.41, 5.74) is 3.41.